The van der Waals surface area contributed by atoms with Crippen molar-refractivity contribution >= 4 is 62.2 Å². The van der Waals surface area contributed by atoms with Gasteiger partial charge in [-0.3, -0.25) is 19.8 Å². The van der Waals surface area contributed by atoms with Crippen LogP contribution in [-0.2, 0) is 16.1 Å². The molecule has 1 saturated heterocycles. The van der Waals surface area contributed by atoms with Crippen LogP contribution in [-0.4, -0.2) is 40.5 Å². The number of rotatable bonds is 8. The molecule has 1 amide bonds. The lowest BCUT2D eigenvalue weighted by atomic mass is 10.2. The third kappa shape index (κ3) is 6.48. The molecule has 1 fully saturated rings. The molecule has 0 aliphatic carbocycles. The molecule has 11 heteroatoms. The van der Waals surface area contributed by atoms with Gasteiger partial charge in [0, 0.05) is 19.2 Å². The largest absolute Gasteiger partial charge is 0.488 e. The van der Waals surface area contributed by atoms with Gasteiger partial charge in [0.1, 0.15) is 12.4 Å². The van der Waals surface area contributed by atoms with Crippen LogP contribution in [0.1, 0.15) is 28.4 Å². The van der Waals surface area contributed by atoms with Gasteiger partial charge in [0.25, 0.3) is 11.6 Å². The monoisotopic (exact) mass is 595 g/mol. The summed E-state index contributed by atoms with van der Waals surface area (Å²) in [6, 6.07) is 18.3. The summed E-state index contributed by atoms with van der Waals surface area (Å²) in [5, 5.41) is 11.5. The highest BCUT2D eigenvalue weighted by Crippen LogP contribution is 2.35. The number of nitro groups is 1. The van der Waals surface area contributed by atoms with E-state index in [9.17, 15) is 19.7 Å². The van der Waals surface area contributed by atoms with E-state index in [2.05, 4.69) is 20.9 Å². The highest BCUT2D eigenvalue weighted by atomic mass is 79.9. The van der Waals surface area contributed by atoms with Crippen LogP contribution in [0.4, 0.5) is 11.4 Å². The number of nitrogens with zero attached hydrogens (tertiary/aromatic N) is 3. The first kappa shape index (κ1) is 27.1. The summed E-state index contributed by atoms with van der Waals surface area (Å²) in [5.41, 5.74) is 2.50. The van der Waals surface area contributed by atoms with E-state index < -0.39 is 10.9 Å². The SMILES string of the molecule is CCOC(=O)c1ccc(N=C2S/C(=C\c3ccc(OCc4cccc([N+](=O)[O-])c4)c(Br)c3)C(=O)N2C)cc1. The van der Waals surface area contributed by atoms with E-state index in [-0.39, 0.29) is 18.2 Å². The number of amidine groups is 1. The predicted molar refractivity (Wildman–Crippen MR) is 149 cm³/mol. The van der Waals surface area contributed by atoms with E-state index in [0.717, 1.165) is 5.56 Å². The average molecular weight is 596 g/mol. The Kier molecular flexibility index (Phi) is 8.59. The van der Waals surface area contributed by atoms with Gasteiger partial charge in [-0.2, -0.15) is 0 Å². The molecule has 0 aromatic heterocycles. The number of amides is 1. The number of likely N-dealkylation sites (N-methyl/N-ethyl adjacent to an activating group) is 1. The summed E-state index contributed by atoms with van der Waals surface area (Å²) >= 11 is 4.75. The lowest BCUT2D eigenvalue weighted by Crippen LogP contribution is -2.23. The molecule has 3 aromatic carbocycles. The van der Waals surface area contributed by atoms with E-state index in [1.807, 2.05) is 12.1 Å². The third-order valence-electron chi connectivity index (χ3n) is 5.38. The van der Waals surface area contributed by atoms with Crippen molar-refractivity contribution in [3.8, 4) is 5.75 Å². The molecule has 0 atom stereocenters. The first-order valence-corrected chi connectivity index (χ1v) is 13.0. The molecule has 3 aromatic rings. The lowest BCUT2D eigenvalue weighted by molar-refractivity contribution is -0.384. The maximum Gasteiger partial charge on any atom is 0.338 e. The number of carbonyl (C=O) groups excluding carboxylic acids is 2. The normalized spacial score (nSPS) is 15.2. The zero-order valence-corrected chi connectivity index (χ0v) is 22.8. The molecule has 0 unspecified atom stereocenters. The van der Waals surface area contributed by atoms with Gasteiger partial charge in [-0.25, -0.2) is 9.79 Å². The van der Waals surface area contributed by atoms with Gasteiger partial charge in [-0.15, -0.1) is 0 Å². The van der Waals surface area contributed by atoms with Crippen LogP contribution in [0.15, 0.2) is 81.1 Å². The number of benzene rings is 3. The van der Waals surface area contributed by atoms with Gasteiger partial charge >= 0.3 is 5.97 Å². The van der Waals surface area contributed by atoms with E-state index in [4.69, 9.17) is 9.47 Å². The van der Waals surface area contributed by atoms with Gasteiger partial charge in [0.15, 0.2) is 5.17 Å². The molecule has 0 radical (unpaired) electrons. The van der Waals surface area contributed by atoms with Crippen LogP contribution in [0, 0.1) is 10.1 Å². The molecule has 0 N–H and O–H groups in total. The molecule has 0 spiro atoms. The van der Waals surface area contributed by atoms with Crippen LogP contribution in [0.25, 0.3) is 6.08 Å². The number of non-ortho nitro benzene ring substituents is 1. The number of aliphatic imine (C=N–C) groups is 1. The second-order valence-corrected chi connectivity index (χ2v) is 9.91. The van der Waals surface area contributed by atoms with E-state index in [0.29, 0.717) is 43.7 Å². The number of thioether (sulfide) groups is 1. The Morgan fingerprint density at radius 3 is 2.61 bits per heavy atom. The number of carbonyl (C=O) groups is 2. The first-order chi connectivity index (χ1) is 18.2. The van der Waals surface area contributed by atoms with E-state index >= 15 is 0 Å². The van der Waals surface area contributed by atoms with Gasteiger partial charge in [0.05, 0.1) is 32.2 Å². The summed E-state index contributed by atoms with van der Waals surface area (Å²) in [7, 11) is 1.66. The average Bonchev–Trinajstić information content (AvgIpc) is 3.16. The fraction of sp³-hybridized carbons (Fsp3) is 0.148. The van der Waals surface area contributed by atoms with E-state index in [1.165, 1.54) is 28.8 Å². The minimum atomic E-state index is -0.445. The van der Waals surface area contributed by atoms with Crippen molar-refractivity contribution in [2.24, 2.45) is 4.99 Å². The number of hydrogen-bond donors (Lipinski definition) is 0. The molecule has 194 valence electrons. The maximum atomic E-state index is 12.8. The van der Waals surface area contributed by atoms with Crippen molar-refractivity contribution in [3.05, 3.63) is 103 Å². The minimum absolute atomic E-state index is 0.00688. The maximum absolute atomic E-state index is 12.8. The van der Waals surface area contributed by atoms with Gasteiger partial charge < -0.3 is 9.47 Å². The number of hydrogen-bond acceptors (Lipinski definition) is 8. The zero-order chi connectivity index (χ0) is 27.2. The molecule has 9 nitrogen and oxygen atoms in total. The summed E-state index contributed by atoms with van der Waals surface area (Å²) < 4.78 is 11.5. The summed E-state index contributed by atoms with van der Waals surface area (Å²) in [4.78, 5) is 41.7. The Hall–Kier alpha value is -3.96. The number of ether oxygens (including phenoxy) is 2. The Balaban J connectivity index is 1.45. The van der Waals surface area contributed by atoms with Crippen molar-refractivity contribution in [1.82, 2.24) is 4.90 Å². The van der Waals surface area contributed by atoms with Crippen LogP contribution >= 0.6 is 27.7 Å². The highest BCUT2D eigenvalue weighted by molar-refractivity contribution is 9.10. The zero-order valence-electron chi connectivity index (χ0n) is 20.4. The van der Waals surface area contributed by atoms with Crippen LogP contribution < -0.4 is 4.74 Å². The molecule has 0 saturated carbocycles. The summed E-state index contributed by atoms with van der Waals surface area (Å²) in [6.07, 6.45) is 1.77. The third-order valence-corrected chi connectivity index (χ3v) is 7.06. The smallest absolute Gasteiger partial charge is 0.338 e. The Labute approximate surface area is 231 Å². The number of esters is 1. The van der Waals surface area contributed by atoms with Crippen LogP contribution in [0.2, 0.25) is 0 Å². The second kappa shape index (κ2) is 12.1. The van der Waals surface area contributed by atoms with Crippen molar-refractivity contribution in [2.75, 3.05) is 13.7 Å². The van der Waals surface area contributed by atoms with Crippen molar-refractivity contribution < 1.29 is 24.0 Å². The molecule has 4 rings (SSSR count). The fourth-order valence-corrected chi connectivity index (χ4v) is 4.94. The lowest BCUT2D eigenvalue weighted by Gasteiger charge is -2.09. The number of nitro benzene ring substituents is 1. The molecule has 38 heavy (non-hydrogen) atoms. The van der Waals surface area contributed by atoms with Crippen molar-refractivity contribution in [3.63, 3.8) is 0 Å². The molecule has 1 heterocycles. The Bertz CT molecular complexity index is 1460. The van der Waals surface area contributed by atoms with Crippen molar-refractivity contribution in [2.45, 2.75) is 13.5 Å². The number of halogens is 1. The standard InChI is InChI=1S/C27H22BrN3O6S/c1-3-36-26(33)19-8-10-20(11-9-19)29-27-30(2)25(32)24(38-27)15-17-7-12-23(22(28)14-17)37-16-18-5-4-6-21(13-18)31(34)35/h4-15H,3,16H2,1-2H3/b24-15-,29-27?. The summed E-state index contributed by atoms with van der Waals surface area (Å²) in [6.45, 7) is 2.21. The fourth-order valence-electron chi connectivity index (χ4n) is 3.44. The van der Waals surface area contributed by atoms with Crippen LogP contribution in [0.5, 0.6) is 5.75 Å². The van der Waals surface area contributed by atoms with Gasteiger partial charge in [-0.1, -0.05) is 18.2 Å². The highest BCUT2D eigenvalue weighted by Gasteiger charge is 2.30. The van der Waals surface area contributed by atoms with Gasteiger partial charge in [0.2, 0.25) is 0 Å². The van der Waals surface area contributed by atoms with Crippen molar-refractivity contribution in [1.29, 1.82) is 0 Å². The Morgan fingerprint density at radius 2 is 1.92 bits per heavy atom. The Morgan fingerprint density at radius 1 is 1.16 bits per heavy atom. The van der Waals surface area contributed by atoms with E-state index in [1.54, 1.807) is 62.5 Å². The second-order valence-electron chi connectivity index (χ2n) is 8.04. The topological polar surface area (TPSA) is 111 Å². The predicted octanol–water partition coefficient (Wildman–Crippen LogP) is 6.35. The van der Waals surface area contributed by atoms with Gasteiger partial charge in [-0.05, 0) is 88.2 Å². The summed E-state index contributed by atoms with van der Waals surface area (Å²) in [5.74, 6) is -0.0141. The molecule has 0 bridgehead atoms. The molecule has 1 aliphatic heterocycles. The molecular formula is C27H22BrN3O6S. The molecule has 1 aliphatic rings. The molecular weight excluding hydrogens is 574 g/mol. The van der Waals surface area contributed by atoms with Crippen LogP contribution in [0.3, 0.4) is 0 Å². The first-order valence-electron chi connectivity index (χ1n) is 11.4. The minimum Gasteiger partial charge on any atom is -0.488 e. The quantitative estimate of drug-likeness (QED) is 0.129.